The standard InChI is InChI=1S/C18H24N6O/c1-14(25)23-8-5-17-20-21-18(24(17)10-9-23)16-4-7-22(13-16)12-15-3-2-6-19-11-15/h2-3,6,11,16H,4-5,7-10,12-13H2,1H3. The summed E-state index contributed by atoms with van der Waals surface area (Å²) in [6.07, 6.45) is 5.65. The van der Waals surface area contributed by atoms with Crippen LogP contribution in [0.3, 0.4) is 0 Å². The lowest BCUT2D eigenvalue weighted by atomic mass is 10.1. The fourth-order valence-electron chi connectivity index (χ4n) is 3.90. The van der Waals surface area contributed by atoms with E-state index in [1.165, 1.54) is 5.56 Å². The van der Waals surface area contributed by atoms with Crippen LogP contribution in [0.1, 0.15) is 36.5 Å². The molecule has 2 aromatic heterocycles. The molecule has 0 saturated carbocycles. The fraction of sp³-hybridized carbons (Fsp3) is 0.556. The van der Waals surface area contributed by atoms with Crippen LogP contribution in [-0.4, -0.2) is 61.6 Å². The van der Waals surface area contributed by atoms with E-state index >= 15 is 0 Å². The monoisotopic (exact) mass is 340 g/mol. The van der Waals surface area contributed by atoms with Crippen molar-refractivity contribution in [3.63, 3.8) is 0 Å². The Labute approximate surface area is 147 Å². The molecule has 7 heteroatoms. The largest absolute Gasteiger partial charge is 0.341 e. The Morgan fingerprint density at radius 2 is 2.16 bits per heavy atom. The maximum atomic E-state index is 11.7. The van der Waals surface area contributed by atoms with Gasteiger partial charge in [-0.05, 0) is 24.6 Å². The van der Waals surface area contributed by atoms with E-state index in [0.717, 1.165) is 63.8 Å². The minimum atomic E-state index is 0.142. The van der Waals surface area contributed by atoms with Crippen molar-refractivity contribution in [2.75, 3.05) is 26.2 Å². The zero-order chi connectivity index (χ0) is 17.2. The lowest BCUT2D eigenvalue weighted by Crippen LogP contribution is -2.31. The van der Waals surface area contributed by atoms with Gasteiger partial charge in [0.2, 0.25) is 5.91 Å². The molecule has 2 aliphatic rings. The normalized spacial score (nSPS) is 21.2. The number of rotatable bonds is 3. The van der Waals surface area contributed by atoms with Crippen LogP contribution in [0.2, 0.25) is 0 Å². The van der Waals surface area contributed by atoms with Crippen LogP contribution in [0.25, 0.3) is 0 Å². The summed E-state index contributed by atoms with van der Waals surface area (Å²) in [5.74, 6) is 2.67. The molecule has 0 bridgehead atoms. The molecule has 0 N–H and O–H groups in total. The number of carbonyl (C=O) groups is 1. The summed E-state index contributed by atoms with van der Waals surface area (Å²) >= 11 is 0. The van der Waals surface area contributed by atoms with Gasteiger partial charge in [0.25, 0.3) is 0 Å². The van der Waals surface area contributed by atoms with Crippen molar-refractivity contribution in [1.82, 2.24) is 29.5 Å². The number of likely N-dealkylation sites (tertiary alicyclic amines) is 1. The van der Waals surface area contributed by atoms with E-state index in [1.54, 1.807) is 6.92 Å². The summed E-state index contributed by atoms with van der Waals surface area (Å²) in [5.41, 5.74) is 1.25. The first-order chi connectivity index (χ1) is 12.2. The van der Waals surface area contributed by atoms with Crippen LogP contribution in [0.15, 0.2) is 24.5 Å². The maximum absolute atomic E-state index is 11.7. The molecule has 7 nitrogen and oxygen atoms in total. The Hall–Kier alpha value is -2.28. The van der Waals surface area contributed by atoms with Gasteiger partial charge in [0.15, 0.2) is 0 Å². The summed E-state index contributed by atoms with van der Waals surface area (Å²) in [6, 6.07) is 4.11. The van der Waals surface area contributed by atoms with Gasteiger partial charge in [0, 0.05) is 64.4 Å². The van der Waals surface area contributed by atoms with Crippen molar-refractivity contribution < 1.29 is 4.79 Å². The van der Waals surface area contributed by atoms with Crippen molar-refractivity contribution in [3.05, 3.63) is 41.7 Å². The van der Waals surface area contributed by atoms with Gasteiger partial charge in [0.1, 0.15) is 11.6 Å². The molecular weight excluding hydrogens is 316 g/mol. The lowest BCUT2D eigenvalue weighted by Gasteiger charge is -2.18. The summed E-state index contributed by atoms with van der Waals surface area (Å²) < 4.78 is 2.25. The second-order valence-corrected chi connectivity index (χ2v) is 6.96. The molecule has 4 heterocycles. The maximum Gasteiger partial charge on any atom is 0.219 e. The van der Waals surface area contributed by atoms with E-state index < -0.39 is 0 Å². The number of hydrogen-bond acceptors (Lipinski definition) is 5. The first-order valence-corrected chi connectivity index (χ1v) is 8.99. The van der Waals surface area contributed by atoms with Crippen molar-refractivity contribution in [2.24, 2.45) is 0 Å². The van der Waals surface area contributed by atoms with E-state index in [1.807, 2.05) is 23.4 Å². The highest BCUT2D eigenvalue weighted by Gasteiger charge is 2.30. The third-order valence-electron chi connectivity index (χ3n) is 5.27. The number of aromatic nitrogens is 4. The minimum Gasteiger partial charge on any atom is -0.341 e. The van der Waals surface area contributed by atoms with Crippen molar-refractivity contribution >= 4 is 5.91 Å². The molecule has 2 aromatic rings. The van der Waals surface area contributed by atoms with Gasteiger partial charge < -0.3 is 9.47 Å². The summed E-state index contributed by atoms with van der Waals surface area (Å²) in [7, 11) is 0. The van der Waals surface area contributed by atoms with E-state index in [9.17, 15) is 4.79 Å². The molecule has 1 saturated heterocycles. The zero-order valence-corrected chi connectivity index (χ0v) is 14.6. The average Bonchev–Trinajstić information content (AvgIpc) is 3.17. The predicted molar refractivity (Wildman–Crippen MR) is 92.9 cm³/mol. The van der Waals surface area contributed by atoms with Crippen LogP contribution < -0.4 is 0 Å². The van der Waals surface area contributed by atoms with Gasteiger partial charge in [0.05, 0.1) is 0 Å². The Morgan fingerprint density at radius 3 is 2.96 bits per heavy atom. The van der Waals surface area contributed by atoms with Crippen molar-refractivity contribution in [1.29, 1.82) is 0 Å². The Balaban J connectivity index is 1.44. The SMILES string of the molecule is CC(=O)N1CCc2nnc(C3CCN(Cc4cccnc4)C3)n2CC1. The third kappa shape index (κ3) is 3.42. The van der Waals surface area contributed by atoms with Crippen molar-refractivity contribution in [2.45, 2.75) is 38.8 Å². The predicted octanol–water partition coefficient (Wildman–Crippen LogP) is 1.07. The highest BCUT2D eigenvalue weighted by Crippen LogP contribution is 2.28. The quantitative estimate of drug-likeness (QED) is 0.836. The molecule has 0 aromatic carbocycles. The van der Waals surface area contributed by atoms with Gasteiger partial charge >= 0.3 is 0 Å². The van der Waals surface area contributed by atoms with E-state index in [0.29, 0.717) is 5.92 Å². The molecule has 1 unspecified atom stereocenters. The molecule has 1 amide bonds. The van der Waals surface area contributed by atoms with Crippen LogP contribution in [0.5, 0.6) is 0 Å². The lowest BCUT2D eigenvalue weighted by molar-refractivity contribution is -0.128. The molecule has 2 aliphatic heterocycles. The van der Waals surface area contributed by atoms with Gasteiger partial charge in [-0.3, -0.25) is 14.7 Å². The summed E-state index contributed by atoms with van der Waals surface area (Å²) in [5, 5.41) is 8.91. The highest BCUT2D eigenvalue weighted by atomic mass is 16.2. The zero-order valence-electron chi connectivity index (χ0n) is 14.6. The molecule has 0 radical (unpaired) electrons. The minimum absolute atomic E-state index is 0.142. The number of nitrogens with zero attached hydrogens (tertiary/aromatic N) is 6. The molecule has 4 rings (SSSR count). The van der Waals surface area contributed by atoms with Crippen molar-refractivity contribution in [3.8, 4) is 0 Å². The number of pyridine rings is 1. The second kappa shape index (κ2) is 6.92. The fourth-order valence-corrected chi connectivity index (χ4v) is 3.90. The van der Waals surface area contributed by atoms with Gasteiger partial charge in [-0.15, -0.1) is 10.2 Å². The average molecular weight is 340 g/mol. The Bertz CT molecular complexity index is 743. The number of carbonyl (C=O) groups excluding carboxylic acids is 1. The van der Waals surface area contributed by atoms with Crippen LogP contribution in [0.4, 0.5) is 0 Å². The second-order valence-electron chi connectivity index (χ2n) is 6.96. The third-order valence-corrected chi connectivity index (χ3v) is 5.27. The molecule has 0 aliphatic carbocycles. The Morgan fingerprint density at radius 1 is 1.24 bits per heavy atom. The van der Waals surface area contributed by atoms with Gasteiger partial charge in [-0.1, -0.05) is 6.07 Å². The highest BCUT2D eigenvalue weighted by molar-refractivity contribution is 5.73. The number of hydrogen-bond donors (Lipinski definition) is 0. The first-order valence-electron chi connectivity index (χ1n) is 8.99. The van der Waals surface area contributed by atoms with Crippen LogP contribution >= 0.6 is 0 Å². The van der Waals surface area contributed by atoms with E-state index in [2.05, 4.69) is 30.7 Å². The molecular formula is C18H24N6O. The molecule has 25 heavy (non-hydrogen) atoms. The summed E-state index contributed by atoms with van der Waals surface area (Å²) in [4.78, 5) is 20.2. The topological polar surface area (TPSA) is 67.2 Å². The van der Waals surface area contributed by atoms with Gasteiger partial charge in [-0.2, -0.15) is 0 Å². The number of amides is 1. The first kappa shape index (κ1) is 16.2. The molecule has 132 valence electrons. The number of fused-ring (bicyclic) bond motifs is 1. The molecule has 1 atom stereocenters. The van der Waals surface area contributed by atoms with E-state index in [4.69, 9.17) is 0 Å². The van der Waals surface area contributed by atoms with Crippen LogP contribution in [0, 0.1) is 0 Å². The van der Waals surface area contributed by atoms with Crippen LogP contribution in [-0.2, 0) is 24.3 Å². The Kier molecular flexibility index (Phi) is 4.48. The van der Waals surface area contributed by atoms with Gasteiger partial charge in [-0.25, -0.2) is 0 Å². The molecule has 0 spiro atoms. The van der Waals surface area contributed by atoms with E-state index in [-0.39, 0.29) is 5.91 Å². The summed E-state index contributed by atoms with van der Waals surface area (Å²) in [6.45, 7) is 6.94. The smallest absolute Gasteiger partial charge is 0.219 e. The molecule has 1 fully saturated rings.